The molecule has 2 fully saturated rings. The molecule has 0 atom stereocenters. The van der Waals surface area contributed by atoms with Gasteiger partial charge >= 0.3 is 0 Å². The fourth-order valence-electron chi connectivity index (χ4n) is 4.40. The van der Waals surface area contributed by atoms with Crippen molar-refractivity contribution in [1.29, 1.82) is 0 Å². The zero-order chi connectivity index (χ0) is 21.0. The maximum Gasteiger partial charge on any atom is 0.251 e. The third kappa shape index (κ3) is 5.46. The minimum absolute atomic E-state index is 0.0736. The molecule has 7 heteroatoms. The van der Waals surface area contributed by atoms with Crippen molar-refractivity contribution < 1.29 is 9.53 Å². The molecule has 2 N–H and O–H groups in total. The van der Waals surface area contributed by atoms with E-state index >= 15 is 0 Å². The fourth-order valence-corrected chi connectivity index (χ4v) is 4.40. The Morgan fingerprint density at radius 2 is 1.97 bits per heavy atom. The monoisotopic (exact) mass is 411 g/mol. The van der Waals surface area contributed by atoms with Crippen molar-refractivity contribution in [3.05, 3.63) is 30.0 Å². The molecular formula is C23H33N5O2. The van der Waals surface area contributed by atoms with Crippen molar-refractivity contribution in [1.82, 2.24) is 20.2 Å². The van der Waals surface area contributed by atoms with Crippen LogP contribution in [0.2, 0.25) is 0 Å². The van der Waals surface area contributed by atoms with E-state index in [1.165, 1.54) is 32.1 Å². The first kappa shape index (κ1) is 21.0. The molecule has 1 saturated heterocycles. The lowest BCUT2D eigenvalue weighted by Gasteiger charge is -2.35. The second-order valence-corrected chi connectivity index (χ2v) is 9.17. The van der Waals surface area contributed by atoms with E-state index in [1.54, 1.807) is 0 Å². The Balaban J connectivity index is 1.43. The lowest BCUT2D eigenvalue weighted by Crippen LogP contribution is -2.53. The van der Waals surface area contributed by atoms with Crippen LogP contribution in [0.3, 0.4) is 0 Å². The SMILES string of the molecule is CC(C)(CN1CCOCC1)NC(=O)c1ccc2cnc(NC3CCCCC3)nc2c1. The van der Waals surface area contributed by atoms with Crippen molar-refractivity contribution in [2.45, 2.75) is 57.5 Å². The second kappa shape index (κ2) is 9.27. The van der Waals surface area contributed by atoms with E-state index in [2.05, 4.69) is 39.3 Å². The summed E-state index contributed by atoms with van der Waals surface area (Å²) in [7, 11) is 0. The Bertz CT molecular complexity index is 873. The topological polar surface area (TPSA) is 79.4 Å². The Labute approximate surface area is 178 Å². The number of anilines is 1. The normalized spacial score (nSPS) is 19.0. The summed E-state index contributed by atoms with van der Waals surface area (Å²) in [6, 6.07) is 6.08. The number of nitrogens with one attached hydrogen (secondary N) is 2. The van der Waals surface area contributed by atoms with E-state index in [1.807, 2.05) is 24.4 Å². The van der Waals surface area contributed by atoms with Crippen LogP contribution in [0.25, 0.3) is 10.9 Å². The number of fused-ring (bicyclic) bond motifs is 1. The summed E-state index contributed by atoms with van der Waals surface area (Å²) < 4.78 is 5.42. The first-order valence-electron chi connectivity index (χ1n) is 11.1. The van der Waals surface area contributed by atoms with Crippen LogP contribution in [-0.4, -0.2) is 65.2 Å². The molecule has 1 aliphatic heterocycles. The summed E-state index contributed by atoms with van der Waals surface area (Å²) in [6.07, 6.45) is 8.00. The van der Waals surface area contributed by atoms with Crippen molar-refractivity contribution in [3.8, 4) is 0 Å². The van der Waals surface area contributed by atoms with Gasteiger partial charge < -0.3 is 15.4 Å². The molecule has 0 bridgehead atoms. The lowest BCUT2D eigenvalue weighted by molar-refractivity contribution is 0.0269. The Morgan fingerprint density at radius 1 is 1.20 bits per heavy atom. The molecule has 1 aromatic carbocycles. The molecule has 162 valence electrons. The van der Waals surface area contributed by atoms with Crippen molar-refractivity contribution in [3.63, 3.8) is 0 Å². The molecule has 0 unspecified atom stereocenters. The number of carbonyl (C=O) groups is 1. The maximum atomic E-state index is 12.9. The third-order valence-corrected chi connectivity index (χ3v) is 5.96. The quantitative estimate of drug-likeness (QED) is 0.760. The van der Waals surface area contributed by atoms with Crippen LogP contribution >= 0.6 is 0 Å². The van der Waals surface area contributed by atoms with Crippen LogP contribution in [0.15, 0.2) is 24.4 Å². The van der Waals surface area contributed by atoms with Gasteiger partial charge in [-0.2, -0.15) is 0 Å². The summed E-state index contributed by atoms with van der Waals surface area (Å²) in [5.41, 5.74) is 1.09. The Hall–Kier alpha value is -2.25. The van der Waals surface area contributed by atoms with E-state index in [4.69, 9.17) is 4.74 Å². The first-order valence-corrected chi connectivity index (χ1v) is 11.1. The zero-order valence-electron chi connectivity index (χ0n) is 18.1. The highest BCUT2D eigenvalue weighted by Gasteiger charge is 2.25. The van der Waals surface area contributed by atoms with Crippen LogP contribution in [0.4, 0.5) is 5.95 Å². The third-order valence-electron chi connectivity index (χ3n) is 5.96. The molecule has 2 aromatic rings. The van der Waals surface area contributed by atoms with E-state index in [0.29, 0.717) is 17.6 Å². The standard InChI is InChI=1S/C23H33N5O2/c1-23(2,16-28-10-12-30-13-11-28)27-21(29)17-8-9-18-15-24-22(26-20(18)14-17)25-19-6-4-3-5-7-19/h8-9,14-15,19H,3-7,10-13,16H2,1-2H3,(H,27,29)(H,24,25,26). The average Bonchev–Trinajstić information content (AvgIpc) is 2.74. The number of amides is 1. The van der Waals surface area contributed by atoms with E-state index in [0.717, 1.165) is 43.8 Å². The fraction of sp³-hybridized carbons (Fsp3) is 0.609. The maximum absolute atomic E-state index is 12.9. The van der Waals surface area contributed by atoms with Crippen LogP contribution in [0, 0.1) is 0 Å². The van der Waals surface area contributed by atoms with Gasteiger partial charge in [0.1, 0.15) is 0 Å². The van der Waals surface area contributed by atoms with Gasteiger partial charge in [-0.15, -0.1) is 0 Å². The predicted molar refractivity (Wildman–Crippen MR) is 119 cm³/mol. The number of hydrogen-bond acceptors (Lipinski definition) is 6. The second-order valence-electron chi connectivity index (χ2n) is 9.17. The number of ether oxygens (including phenoxy) is 1. The Kier molecular flexibility index (Phi) is 6.49. The number of rotatable bonds is 6. The van der Waals surface area contributed by atoms with Crippen LogP contribution in [0.1, 0.15) is 56.3 Å². The molecule has 0 radical (unpaired) electrons. The predicted octanol–water partition coefficient (Wildman–Crippen LogP) is 3.22. The van der Waals surface area contributed by atoms with Gasteiger partial charge in [0.05, 0.1) is 18.7 Å². The number of morpholine rings is 1. The van der Waals surface area contributed by atoms with Gasteiger partial charge in [-0.25, -0.2) is 9.97 Å². The van der Waals surface area contributed by atoms with Crippen LogP contribution in [0.5, 0.6) is 0 Å². The molecular weight excluding hydrogens is 378 g/mol. The molecule has 0 spiro atoms. The van der Waals surface area contributed by atoms with Gasteiger partial charge in [0.2, 0.25) is 5.95 Å². The van der Waals surface area contributed by atoms with Gasteiger partial charge in [0.15, 0.2) is 0 Å². The van der Waals surface area contributed by atoms with Crippen LogP contribution < -0.4 is 10.6 Å². The molecule has 4 rings (SSSR count). The molecule has 30 heavy (non-hydrogen) atoms. The average molecular weight is 412 g/mol. The highest BCUT2D eigenvalue weighted by atomic mass is 16.5. The van der Waals surface area contributed by atoms with Gasteiger partial charge in [-0.1, -0.05) is 25.3 Å². The zero-order valence-corrected chi connectivity index (χ0v) is 18.1. The van der Waals surface area contributed by atoms with Crippen LogP contribution in [-0.2, 0) is 4.74 Å². The highest BCUT2D eigenvalue weighted by Crippen LogP contribution is 2.22. The molecule has 2 heterocycles. The Morgan fingerprint density at radius 3 is 2.73 bits per heavy atom. The highest BCUT2D eigenvalue weighted by molar-refractivity contribution is 5.98. The summed E-state index contributed by atoms with van der Waals surface area (Å²) >= 11 is 0. The molecule has 1 amide bonds. The van der Waals surface area contributed by atoms with Gasteiger partial charge in [0.25, 0.3) is 5.91 Å². The number of benzene rings is 1. The summed E-state index contributed by atoms with van der Waals surface area (Å²) in [4.78, 5) is 24.4. The van der Waals surface area contributed by atoms with Crippen molar-refractivity contribution in [2.24, 2.45) is 0 Å². The van der Waals surface area contributed by atoms with Gasteiger partial charge in [-0.05, 0) is 38.8 Å². The number of aromatic nitrogens is 2. The number of nitrogens with zero attached hydrogens (tertiary/aromatic N) is 3. The van der Waals surface area contributed by atoms with E-state index in [-0.39, 0.29) is 11.4 Å². The largest absolute Gasteiger partial charge is 0.379 e. The molecule has 7 nitrogen and oxygen atoms in total. The minimum atomic E-state index is -0.331. The summed E-state index contributed by atoms with van der Waals surface area (Å²) in [6.45, 7) is 8.25. The van der Waals surface area contributed by atoms with Gasteiger partial charge in [0, 0.05) is 48.4 Å². The minimum Gasteiger partial charge on any atom is -0.379 e. The molecule has 1 aromatic heterocycles. The summed E-state index contributed by atoms with van der Waals surface area (Å²) in [5.74, 6) is 0.579. The van der Waals surface area contributed by atoms with Crippen molar-refractivity contribution >= 4 is 22.8 Å². The smallest absolute Gasteiger partial charge is 0.251 e. The molecule has 1 aliphatic carbocycles. The first-order chi connectivity index (χ1) is 14.5. The molecule has 2 aliphatic rings. The van der Waals surface area contributed by atoms with E-state index < -0.39 is 0 Å². The van der Waals surface area contributed by atoms with E-state index in [9.17, 15) is 4.79 Å². The number of carbonyl (C=O) groups excluding carboxylic acids is 1. The number of hydrogen-bond donors (Lipinski definition) is 2. The van der Waals surface area contributed by atoms with Gasteiger partial charge in [-0.3, -0.25) is 9.69 Å². The van der Waals surface area contributed by atoms with Crippen molar-refractivity contribution in [2.75, 3.05) is 38.2 Å². The summed E-state index contributed by atoms with van der Waals surface area (Å²) in [5, 5.41) is 7.59. The lowest BCUT2D eigenvalue weighted by atomic mass is 9.96. The molecule has 1 saturated carbocycles.